The Labute approximate surface area is 168 Å². The van der Waals surface area contributed by atoms with Gasteiger partial charge in [-0.15, -0.1) is 0 Å². The Hall–Kier alpha value is -3.42. The van der Waals surface area contributed by atoms with Gasteiger partial charge in [0.15, 0.2) is 11.2 Å². The van der Waals surface area contributed by atoms with E-state index in [1.165, 1.54) is 6.07 Å². The van der Waals surface area contributed by atoms with Crippen molar-refractivity contribution in [2.45, 2.75) is 6.92 Å². The van der Waals surface area contributed by atoms with Crippen molar-refractivity contribution in [3.8, 4) is 0 Å². The van der Waals surface area contributed by atoms with Crippen LogP contribution in [0.15, 0.2) is 45.6 Å². The summed E-state index contributed by atoms with van der Waals surface area (Å²) in [5.74, 6) is 2.23. The maximum absolute atomic E-state index is 12.9. The molecule has 8 heteroatoms. The van der Waals surface area contributed by atoms with Crippen LogP contribution in [0.25, 0.3) is 11.0 Å². The molecule has 3 aromatic rings. The first-order chi connectivity index (χ1) is 13.9. The number of benzene rings is 1. The number of piperazine rings is 1. The summed E-state index contributed by atoms with van der Waals surface area (Å²) in [6.07, 6.45) is 0. The second-order valence-electron chi connectivity index (χ2n) is 7.28. The van der Waals surface area contributed by atoms with Gasteiger partial charge in [0.2, 0.25) is 0 Å². The van der Waals surface area contributed by atoms with Gasteiger partial charge in [-0.3, -0.25) is 9.59 Å². The molecule has 3 heterocycles. The summed E-state index contributed by atoms with van der Waals surface area (Å²) in [6.45, 7) is 4.21. The topological polar surface area (TPSA) is 82.8 Å². The van der Waals surface area contributed by atoms with Crippen LogP contribution in [0.1, 0.15) is 16.4 Å². The van der Waals surface area contributed by atoms with Gasteiger partial charge in [-0.2, -0.15) is 0 Å². The lowest BCUT2D eigenvalue weighted by Gasteiger charge is -2.35. The van der Waals surface area contributed by atoms with Crippen molar-refractivity contribution in [1.82, 2.24) is 14.9 Å². The Balaban J connectivity index is 1.50. The minimum absolute atomic E-state index is 0.0786. The van der Waals surface area contributed by atoms with E-state index in [4.69, 9.17) is 4.42 Å². The van der Waals surface area contributed by atoms with Crippen LogP contribution >= 0.6 is 0 Å². The number of rotatable bonds is 3. The largest absolute Gasteiger partial charge is 0.451 e. The zero-order valence-electron chi connectivity index (χ0n) is 16.8. The predicted octanol–water partition coefficient (Wildman–Crippen LogP) is 1.92. The highest BCUT2D eigenvalue weighted by Gasteiger charge is 2.25. The SMILES string of the molecule is Cc1nc(N(C)C)cc(N2CCN(C(=O)c3cc(=O)c4ccccc4o3)CC2)n1. The summed E-state index contributed by atoms with van der Waals surface area (Å²) in [7, 11) is 3.89. The fraction of sp³-hybridized carbons (Fsp3) is 0.333. The third kappa shape index (κ3) is 3.78. The fourth-order valence-corrected chi connectivity index (χ4v) is 3.43. The standard InChI is InChI=1S/C21H23N5O3/c1-14-22-19(24(2)3)13-20(23-14)25-8-10-26(11-9-25)21(28)18-12-16(27)15-6-4-5-7-17(15)29-18/h4-7,12-13H,8-11H2,1-3H3. The van der Waals surface area contributed by atoms with E-state index in [-0.39, 0.29) is 17.1 Å². The number of para-hydroxylation sites is 1. The quantitative estimate of drug-likeness (QED) is 0.672. The Kier molecular flexibility index (Phi) is 4.92. The van der Waals surface area contributed by atoms with Gasteiger partial charge >= 0.3 is 0 Å². The number of nitrogens with zero attached hydrogens (tertiary/aromatic N) is 5. The monoisotopic (exact) mass is 393 g/mol. The van der Waals surface area contributed by atoms with E-state index in [1.807, 2.05) is 32.0 Å². The van der Waals surface area contributed by atoms with E-state index < -0.39 is 0 Å². The van der Waals surface area contributed by atoms with Gasteiger partial charge in [0.25, 0.3) is 5.91 Å². The molecule has 150 valence electrons. The average Bonchev–Trinajstić information content (AvgIpc) is 2.73. The zero-order chi connectivity index (χ0) is 20.5. The summed E-state index contributed by atoms with van der Waals surface area (Å²) >= 11 is 0. The zero-order valence-corrected chi connectivity index (χ0v) is 16.8. The minimum atomic E-state index is -0.264. The number of carbonyl (C=O) groups excluding carboxylic acids is 1. The molecule has 0 radical (unpaired) electrons. The molecule has 4 rings (SSSR count). The highest BCUT2D eigenvalue weighted by molar-refractivity contribution is 5.93. The summed E-state index contributed by atoms with van der Waals surface area (Å²) in [4.78, 5) is 39.9. The minimum Gasteiger partial charge on any atom is -0.451 e. The van der Waals surface area contributed by atoms with Gasteiger partial charge in [0.1, 0.15) is 23.0 Å². The number of amides is 1. The molecule has 0 atom stereocenters. The van der Waals surface area contributed by atoms with Crippen molar-refractivity contribution in [2.24, 2.45) is 0 Å². The van der Waals surface area contributed by atoms with E-state index >= 15 is 0 Å². The second-order valence-corrected chi connectivity index (χ2v) is 7.28. The molecule has 1 saturated heterocycles. The van der Waals surface area contributed by atoms with Gasteiger partial charge in [0, 0.05) is 52.4 Å². The lowest BCUT2D eigenvalue weighted by Crippen LogP contribution is -2.49. The Morgan fingerprint density at radius 2 is 1.79 bits per heavy atom. The predicted molar refractivity (Wildman–Crippen MR) is 112 cm³/mol. The number of fused-ring (bicyclic) bond motifs is 1. The lowest BCUT2D eigenvalue weighted by molar-refractivity contribution is 0.0715. The summed E-state index contributed by atoms with van der Waals surface area (Å²) < 4.78 is 5.70. The van der Waals surface area contributed by atoms with Gasteiger partial charge in [-0.1, -0.05) is 12.1 Å². The molecule has 0 bridgehead atoms. The van der Waals surface area contributed by atoms with Crippen LogP contribution in [0.4, 0.5) is 11.6 Å². The van der Waals surface area contributed by atoms with Crippen LogP contribution < -0.4 is 15.2 Å². The first-order valence-corrected chi connectivity index (χ1v) is 9.52. The van der Waals surface area contributed by atoms with Crippen molar-refractivity contribution in [3.63, 3.8) is 0 Å². The van der Waals surface area contributed by atoms with Crippen LogP contribution in [0.5, 0.6) is 0 Å². The molecular formula is C21H23N5O3. The highest BCUT2D eigenvalue weighted by Crippen LogP contribution is 2.20. The van der Waals surface area contributed by atoms with Crippen molar-refractivity contribution in [3.05, 3.63) is 58.2 Å². The van der Waals surface area contributed by atoms with Gasteiger partial charge < -0.3 is 19.1 Å². The molecule has 1 aliphatic rings. The van der Waals surface area contributed by atoms with Crippen molar-refractivity contribution in [1.29, 1.82) is 0 Å². The number of aromatic nitrogens is 2. The molecule has 0 unspecified atom stereocenters. The van der Waals surface area contributed by atoms with Gasteiger partial charge in [-0.25, -0.2) is 9.97 Å². The molecule has 1 fully saturated rings. The Bertz CT molecular complexity index is 1120. The molecule has 1 aliphatic heterocycles. The second kappa shape index (κ2) is 7.54. The van der Waals surface area contributed by atoms with E-state index in [0.29, 0.717) is 43.0 Å². The molecular weight excluding hydrogens is 370 g/mol. The van der Waals surface area contributed by atoms with Crippen LogP contribution in [0.2, 0.25) is 0 Å². The number of anilines is 2. The number of hydrogen-bond acceptors (Lipinski definition) is 7. The first-order valence-electron chi connectivity index (χ1n) is 9.52. The molecule has 0 aliphatic carbocycles. The molecule has 1 aromatic carbocycles. The first kappa shape index (κ1) is 18.9. The van der Waals surface area contributed by atoms with Crippen molar-refractivity contribution >= 4 is 28.5 Å². The van der Waals surface area contributed by atoms with Crippen LogP contribution in [-0.2, 0) is 0 Å². The molecule has 0 saturated carbocycles. The van der Waals surface area contributed by atoms with Gasteiger partial charge in [-0.05, 0) is 19.1 Å². The fourth-order valence-electron chi connectivity index (χ4n) is 3.43. The van der Waals surface area contributed by atoms with E-state index in [1.54, 1.807) is 29.2 Å². The smallest absolute Gasteiger partial charge is 0.289 e. The third-order valence-corrected chi connectivity index (χ3v) is 5.01. The summed E-state index contributed by atoms with van der Waals surface area (Å²) in [5.41, 5.74) is 0.219. The number of carbonyl (C=O) groups is 1. The molecule has 0 spiro atoms. The maximum atomic E-state index is 12.9. The highest BCUT2D eigenvalue weighted by atomic mass is 16.3. The number of aryl methyl sites for hydroxylation is 1. The van der Waals surface area contributed by atoms with Crippen molar-refractivity contribution in [2.75, 3.05) is 50.1 Å². The van der Waals surface area contributed by atoms with Crippen LogP contribution in [-0.4, -0.2) is 61.0 Å². The van der Waals surface area contributed by atoms with E-state index in [0.717, 1.165) is 11.6 Å². The molecule has 8 nitrogen and oxygen atoms in total. The maximum Gasteiger partial charge on any atom is 0.289 e. The van der Waals surface area contributed by atoms with E-state index in [9.17, 15) is 9.59 Å². The molecule has 0 N–H and O–H groups in total. The molecule has 1 amide bonds. The lowest BCUT2D eigenvalue weighted by atomic mass is 10.2. The third-order valence-electron chi connectivity index (χ3n) is 5.01. The Morgan fingerprint density at radius 3 is 2.52 bits per heavy atom. The molecule has 2 aromatic heterocycles. The van der Waals surface area contributed by atoms with Gasteiger partial charge in [0.05, 0.1) is 5.39 Å². The summed E-state index contributed by atoms with van der Waals surface area (Å²) in [6, 6.07) is 10.2. The number of hydrogen-bond donors (Lipinski definition) is 0. The van der Waals surface area contributed by atoms with Crippen LogP contribution in [0, 0.1) is 6.92 Å². The Morgan fingerprint density at radius 1 is 1.07 bits per heavy atom. The van der Waals surface area contributed by atoms with E-state index in [2.05, 4.69) is 14.9 Å². The van der Waals surface area contributed by atoms with Crippen molar-refractivity contribution < 1.29 is 9.21 Å². The average molecular weight is 393 g/mol. The summed E-state index contributed by atoms with van der Waals surface area (Å²) in [5, 5.41) is 0.477. The molecule has 29 heavy (non-hydrogen) atoms. The normalized spacial score (nSPS) is 14.3. The van der Waals surface area contributed by atoms with Crippen LogP contribution in [0.3, 0.4) is 0 Å².